The van der Waals surface area contributed by atoms with Crippen LogP contribution in [0.25, 0.3) is 0 Å². The van der Waals surface area contributed by atoms with Gasteiger partial charge in [-0.1, -0.05) is 6.92 Å². The van der Waals surface area contributed by atoms with Crippen LogP contribution < -0.4 is 10.6 Å². The Morgan fingerprint density at radius 2 is 2.17 bits per heavy atom. The second-order valence-corrected chi connectivity index (χ2v) is 6.37. The van der Waals surface area contributed by atoms with Crippen molar-refractivity contribution in [1.82, 2.24) is 15.5 Å². The smallest absolute Gasteiger partial charge is 0.191 e. The molecule has 7 heteroatoms. The summed E-state index contributed by atoms with van der Waals surface area (Å²) in [6, 6.07) is 0.597. The van der Waals surface area contributed by atoms with Gasteiger partial charge < -0.3 is 25.4 Å². The molecular formula is C16H35IN4O2. The van der Waals surface area contributed by atoms with Crippen LogP contribution in [0.4, 0.5) is 0 Å². The number of likely N-dealkylation sites (N-methyl/N-ethyl adjacent to an activating group) is 1. The monoisotopic (exact) mass is 442 g/mol. The van der Waals surface area contributed by atoms with Crippen molar-refractivity contribution in [3.63, 3.8) is 0 Å². The third kappa shape index (κ3) is 8.00. The number of rotatable bonds is 9. The van der Waals surface area contributed by atoms with Gasteiger partial charge in [0.1, 0.15) is 0 Å². The molecule has 1 aliphatic rings. The van der Waals surface area contributed by atoms with Crippen LogP contribution >= 0.6 is 24.0 Å². The lowest BCUT2D eigenvalue weighted by atomic mass is 9.84. The summed E-state index contributed by atoms with van der Waals surface area (Å²) in [5.41, 5.74) is 0.0416. The maximum Gasteiger partial charge on any atom is 0.191 e. The molecule has 1 heterocycles. The zero-order chi connectivity index (χ0) is 16.4. The van der Waals surface area contributed by atoms with Gasteiger partial charge in [0.05, 0.1) is 6.61 Å². The average molecular weight is 442 g/mol. The fourth-order valence-corrected chi connectivity index (χ4v) is 2.69. The number of ether oxygens (including phenoxy) is 1. The van der Waals surface area contributed by atoms with E-state index < -0.39 is 0 Å². The van der Waals surface area contributed by atoms with Gasteiger partial charge in [0.2, 0.25) is 0 Å². The number of guanidine groups is 1. The van der Waals surface area contributed by atoms with E-state index in [2.05, 4.69) is 41.4 Å². The molecule has 0 aromatic carbocycles. The summed E-state index contributed by atoms with van der Waals surface area (Å²) in [5.74, 6) is 0.821. The third-order valence-corrected chi connectivity index (χ3v) is 4.78. The highest BCUT2D eigenvalue weighted by Crippen LogP contribution is 2.31. The summed E-state index contributed by atoms with van der Waals surface area (Å²) in [7, 11) is 3.94. The van der Waals surface area contributed by atoms with E-state index in [4.69, 9.17) is 4.74 Å². The highest BCUT2D eigenvalue weighted by molar-refractivity contribution is 14.0. The van der Waals surface area contributed by atoms with Crippen LogP contribution in [0.5, 0.6) is 0 Å². The van der Waals surface area contributed by atoms with Crippen molar-refractivity contribution in [3.05, 3.63) is 0 Å². The second-order valence-electron chi connectivity index (χ2n) is 6.37. The van der Waals surface area contributed by atoms with Gasteiger partial charge in [-0.25, -0.2) is 0 Å². The lowest BCUT2D eigenvalue weighted by Gasteiger charge is -2.28. The molecule has 0 aromatic rings. The van der Waals surface area contributed by atoms with Gasteiger partial charge in [0.15, 0.2) is 5.96 Å². The SMILES string of the molecule is CCC(C)N(C)CCNC(=NC)NCC1(CCO)CCOC1.I. The van der Waals surface area contributed by atoms with E-state index in [1.165, 1.54) is 0 Å². The lowest BCUT2D eigenvalue weighted by molar-refractivity contribution is 0.127. The van der Waals surface area contributed by atoms with Crippen molar-refractivity contribution in [2.75, 3.05) is 53.6 Å². The highest BCUT2D eigenvalue weighted by atomic mass is 127. The topological polar surface area (TPSA) is 69.1 Å². The zero-order valence-corrected chi connectivity index (χ0v) is 17.4. The van der Waals surface area contributed by atoms with Crippen molar-refractivity contribution in [1.29, 1.82) is 0 Å². The Balaban J connectivity index is 0.00000484. The summed E-state index contributed by atoms with van der Waals surface area (Å²) in [4.78, 5) is 6.62. The summed E-state index contributed by atoms with van der Waals surface area (Å²) in [6.45, 7) is 8.79. The minimum atomic E-state index is 0. The van der Waals surface area contributed by atoms with Gasteiger partial charge in [-0.05, 0) is 33.2 Å². The second kappa shape index (κ2) is 12.3. The largest absolute Gasteiger partial charge is 0.396 e. The van der Waals surface area contributed by atoms with Crippen molar-refractivity contribution >= 4 is 29.9 Å². The van der Waals surface area contributed by atoms with Crippen LogP contribution in [0.1, 0.15) is 33.1 Å². The summed E-state index contributed by atoms with van der Waals surface area (Å²) in [5, 5.41) is 16.0. The molecule has 1 rings (SSSR count). The van der Waals surface area contributed by atoms with Gasteiger partial charge in [0, 0.05) is 51.4 Å². The highest BCUT2D eigenvalue weighted by Gasteiger charge is 2.34. The minimum absolute atomic E-state index is 0. The summed E-state index contributed by atoms with van der Waals surface area (Å²) >= 11 is 0. The van der Waals surface area contributed by atoms with Crippen LogP contribution in [0.2, 0.25) is 0 Å². The van der Waals surface area contributed by atoms with Crippen LogP contribution in [-0.4, -0.2) is 75.6 Å². The van der Waals surface area contributed by atoms with Gasteiger partial charge in [0.25, 0.3) is 0 Å². The van der Waals surface area contributed by atoms with Crippen LogP contribution in [0.3, 0.4) is 0 Å². The molecule has 3 N–H and O–H groups in total. The Hall–Kier alpha value is -0.120. The number of halogens is 1. The Labute approximate surface area is 158 Å². The Bertz CT molecular complexity index is 336. The van der Waals surface area contributed by atoms with Crippen molar-refractivity contribution in [3.8, 4) is 0 Å². The number of aliphatic hydroxyl groups excluding tert-OH is 1. The molecule has 1 saturated heterocycles. The van der Waals surface area contributed by atoms with E-state index in [1.54, 1.807) is 7.05 Å². The number of aliphatic hydroxyl groups is 1. The average Bonchev–Trinajstić information content (AvgIpc) is 2.98. The first kappa shape index (κ1) is 22.9. The first-order valence-electron chi connectivity index (χ1n) is 8.40. The van der Waals surface area contributed by atoms with Gasteiger partial charge >= 0.3 is 0 Å². The first-order valence-corrected chi connectivity index (χ1v) is 8.40. The molecule has 0 aliphatic carbocycles. The molecule has 0 amide bonds. The zero-order valence-electron chi connectivity index (χ0n) is 15.1. The molecule has 0 saturated carbocycles. The molecule has 23 heavy (non-hydrogen) atoms. The molecule has 1 fully saturated rings. The van der Waals surface area contributed by atoms with Crippen molar-refractivity contribution in [2.24, 2.45) is 10.4 Å². The first-order chi connectivity index (χ1) is 10.6. The van der Waals surface area contributed by atoms with E-state index in [0.717, 1.165) is 51.5 Å². The summed E-state index contributed by atoms with van der Waals surface area (Å²) < 4.78 is 5.51. The standard InChI is InChI=1S/C16H34N4O2.HI/c1-5-14(2)20(4)9-8-18-15(17-3)19-12-16(6-10-21)7-11-22-13-16;/h14,21H,5-13H2,1-4H3,(H2,17,18,19);1H. The van der Waals surface area contributed by atoms with Crippen LogP contribution in [0, 0.1) is 5.41 Å². The molecule has 0 radical (unpaired) electrons. The van der Waals surface area contributed by atoms with E-state index in [1.807, 2.05) is 0 Å². The third-order valence-electron chi connectivity index (χ3n) is 4.78. The summed E-state index contributed by atoms with van der Waals surface area (Å²) in [6.07, 6.45) is 2.93. The van der Waals surface area contributed by atoms with E-state index in [0.29, 0.717) is 12.6 Å². The molecule has 0 spiro atoms. The van der Waals surface area contributed by atoms with Crippen molar-refractivity contribution < 1.29 is 9.84 Å². The maximum absolute atomic E-state index is 9.26. The number of hydrogen-bond acceptors (Lipinski definition) is 4. The molecule has 0 aromatic heterocycles. The number of aliphatic imine (C=N–C) groups is 1. The Morgan fingerprint density at radius 1 is 1.43 bits per heavy atom. The minimum Gasteiger partial charge on any atom is -0.396 e. The normalized spacial score (nSPS) is 22.8. The molecule has 2 atom stereocenters. The number of nitrogens with zero attached hydrogens (tertiary/aromatic N) is 2. The fourth-order valence-electron chi connectivity index (χ4n) is 2.69. The maximum atomic E-state index is 9.26. The molecule has 0 bridgehead atoms. The van der Waals surface area contributed by atoms with Crippen LogP contribution in [0.15, 0.2) is 4.99 Å². The van der Waals surface area contributed by atoms with Crippen molar-refractivity contribution in [2.45, 2.75) is 39.2 Å². The molecule has 1 aliphatic heterocycles. The van der Waals surface area contributed by atoms with Gasteiger partial charge in [-0.3, -0.25) is 4.99 Å². The number of hydrogen-bond donors (Lipinski definition) is 3. The van der Waals surface area contributed by atoms with Gasteiger partial charge in [-0.2, -0.15) is 0 Å². The van der Waals surface area contributed by atoms with Crippen LogP contribution in [-0.2, 0) is 4.74 Å². The Morgan fingerprint density at radius 3 is 2.70 bits per heavy atom. The molecular weight excluding hydrogens is 407 g/mol. The molecule has 6 nitrogen and oxygen atoms in total. The number of nitrogens with one attached hydrogen (secondary N) is 2. The molecule has 2 unspecified atom stereocenters. The van der Waals surface area contributed by atoms with Gasteiger partial charge in [-0.15, -0.1) is 24.0 Å². The quantitative estimate of drug-likeness (QED) is 0.285. The fraction of sp³-hybridized carbons (Fsp3) is 0.938. The van der Waals surface area contributed by atoms with E-state index >= 15 is 0 Å². The predicted octanol–water partition coefficient (Wildman–Crippen LogP) is 1.29. The lowest BCUT2D eigenvalue weighted by Crippen LogP contribution is -2.46. The van der Waals surface area contributed by atoms with E-state index in [-0.39, 0.29) is 36.0 Å². The Kier molecular flexibility index (Phi) is 12.2. The van der Waals surface area contributed by atoms with E-state index in [9.17, 15) is 5.11 Å². The molecule has 138 valence electrons. The predicted molar refractivity (Wildman–Crippen MR) is 107 cm³/mol.